The van der Waals surface area contributed by atoms with E-state index in [1.165, 1.54) is 12.1 Å². The van der Waals surface area contributed by atoms with Crippen LogP contribution >= 0.6 is 34.8 Å². The molecule has 9 heteroatoms. The topological polar surface area (TPSA) is 50.2 Å². The molecule has 0 aliphatic carbocycles. The fraction of sp³-hybridized carbons (Fsp3) is 0.0769. The molecular weight excluding hydrogens is 366 g/mol. The van der Waals surface area contributed by atoms with Crippen LogP contribution in [0.5, 0.6) is 0 Å². The van der Waals surface area contributed by atoms with Gasteiger partial charge in [0.2, 0.25) is 0 Å². The van der Waals surface area contributed by atoms with Crippen molar-refractivity contribution in [2.45, 2.75) is 6.18 Å². The van der Waals surface area contributed by atoms with Gasteiger partial charge in [-0.15, -0.1) is 0 Å². The molecule has 0 unspecified atom stereocenters. The molecule has 0 fully saturated rings. The zero-order chi connectivity index (χ0) is 16.7. The van der Waals surface area contributed by atoms with Gasteiger partial charge in [0.25, 0.3) is 0 Å². The molecule has 0 bridgehead atoms. The molecule has 0 amide bonds. The molecule has 0 atom stereocenters. The highest BCUT2D eigenvalue weighted by Gasteiger charge is 2.34. The van der Waals surface area contributed by atoms with Gasteiger partial charge in [0.05, 0.1) is 21.3 Å². The summed E-state index contributed by atoms with van der Waals surface area (Å²) in [5, 5.41) is 9.05. The lowest BCUT2D eigenvalue weighted by molar-refractivity contribution is -0.141. The van der Waals surface area contributed by atoms with Crippen molar-refractivity contribution in [3.8, 4) is 11.3 Å². The number of aromatic carboxylic acids is 1. The lowest BCUT2D eigenvalue weighted by Crippen LogP contribution is -2.11. The first-order chi connectivity index (χ1) is 10.1. The second-order valence-electron chi connectivity index (χ2n) is 4.17. The smallest absolute Gasteiger partial charge is 0.433 e. The molecule has 1 N–H and O–H groups in total. The Morgan fingerprint density at radius 1 is 1.05 bits per heavy atom. The Hall–Kier alpha value is -1.50. The van der Waals surface area contributed by atoms with Gasteiger partial charge < -0.3 is 5.11 Å². The van der Waals surface area contributed by atoms with Crippen molar-refractivity contribution in [2.75, 3.05) is 0 Å². The summed E-state index contributed by atoms with van der Waals surface area (Å²) < 4.78 is 38.5. The van der Waals surface area contributed by atoms with Gasteiger partial charge in [0, 0.05) is 10.6 Å². The van der Waals surface area contributed by atoms with Crippen LogP contribution in [0.1, 0.15) is 16.1 Å². The van der Waals surface area contributed by atoms with Crippen LogP contribution in [0.15, 0.2) is 24.3 Å². The van der Waals surface area contributed by atoms with Crippen LogP contribution in [-0.4, -0.2) is 16.1 Å². The summed E-state index contributed by atoms with van der Waals surface area (Å²) in [6.07, 6.45) is -4.81. The molecule has 3 nitrogen and oxygen atoms in total. The number of aromatic nitrogens is 1. The van der Waals surface area contributed by atoms with Crippen LogP contribution in [0.25, 0.3) is 11.3 Å². The van der Waals surface area contributed by atoms with E-state index in [1.54, 1.807) is 0 Å². The van der Waals surface area contributed by atoms with Crippen molar-refractivity contribution in [2.24, 2.45) is 0 Å². The predicted octanol–water partition coefficient (Wildman–Crippen LogP) is 5.43. The summed E-state index contributed by atoms with van der Waals surface area (Å²) in [5.41, 5.74) is -2.27. The number of hydrogen-bond donors (Lipinski definition) is 1. The maximum absolute atomic E-state index is 12.8. The fourth-order valence-electron chi connectivity index (χ4n) is 1.71. The average Bonchev–Trinajstić information content (AvgIpc) is 2.36. The number of nitrogens with zero attached hydrogens (tertiary/aromatic N) is 1. The molecule has 116 valence electrons. The molecule has 1 heterocycles. The van der Waals surface area contributed by atoms with Gasteiger partial charge in [0.1, 0.15) is 5.69 Å². The molecule has 1 aromatic heterocycles. The molecule has 22 heavy (non-hydrogen) atoms. The van der Waals surface area contributed by atoms with Gasteiger partial charge in [-0.25, -0.2) is 9.78 Å². The van der Waals surface area contributed by atoms with E-state index in [9.17, 15) is 18.0 Å². The van der Waals surface area contributed by atoms with Gasteiger partial charge in [-0.1, -0.05) is 34.8 Å². The van der Waals surface area contributed by atoms with Crippen molar-refractivity contribution in [1.82, 2.24) is 4.98 Å². The Morgan fingerprint density at radius 3 is 2.05 bits per heavy atom. The van der Waals surface area contributed by atoms with Crippen molar-refractivity contribution >= 4 is 40.8 Å². The number of carbonyl (C=O) groups is 1. The maximum Gasteiger partial charge on any atom is 0.433 e. The lowest BCUT2D eigenvalue weighted by atomic mass is 10.1. The average molecular weight is 371 g/mol. The highest BCUT2D eigenvalue weighted by atomic mass is 35.5. The van der Waals surface area contributed by atoms with Crippen LogP contribution in [0.3, 0.4) is 0 Å². The Kier molecular flexibility index (Phi) is 4.56. The van der Waals surface area contributed by atoms with Crippen molar-refractivity contribution in [3.63, 3.8) is 0 Å². The van der Waals surface area contributed by atoms with E-state index in [0.717, 1.165) is 6.07 Å². The molecular formula is C13H5Cl3F3NO2. The Morgan fingerprint density at radius 2 is 1.59 bits per heavy atom. The first-order valence-electron chi connectivity index (χ1n) is 5.57. The summed E-state index contributed by atoms with van der Waals surface area (Å²) in [4.78, 5) is 14.4. The number of pyridine rings is 1. The third-order valence-electron chi connectivity index (χ3n) is 2.63. The zero-order valence-electron chi connectivity index (χ0n) is 10.4. The lowest BCUT2D eigenvalue weighted by Gasteiger charge is -2.12. The van der Waals surface area contributed by atoms with Crippen molar-refractivity contribution in [3.05, 3.63) is 50.6 Å². The first kappa shape index (κ1) is 16.9. The Balaban J connectivity index is 2.76. The molecule has 2 rings (SSSR count). The van der Waals surface area contributed by atoms with E-state index >= 15 is 0 Å². The highest BCUT2D eigenvalue weighted by Crippen LogP contribution is 2.38. The minimum absolute atomic E-state index is 0.0265. The van der Waals surface area contributed by atoms with Crippen LogP contribution in [0.4, 0.5) is 13.2 Å². The normalized spacial score (nSPS) is 11.5. The second-order valence-corrected chi connectivity index (χ2v) is 5.42. The zero-order valence-corrected chi connectivity index (χ0v) is 12.6. The third kappa shape index (κ3) is 3.45. The number of rotatable bonds is 2. The molecule has 0 saturated carbocycles. The standard InChI is InChI=1S/C13H5Cl3F3NO2/c14-6-3-7(15)11(8(16)4-6)9-1-5(12(21)22)2-10(20-9)13(17,18)19/h1-4H,(H,21,22). The summed E-state index contributed by atoms with van der Waals surface area (Å²) >= 11 is 17.6. The van der Waals surface area contributed by atoms with Crippen LogP contribution < -0.4 is 0 Å². The van der Waals surface area contributed by atoms with Crippen LogP contribution in [0.2, 0.25) is 15.1 Å². The minimum Gasteiger partial charge on any atom is -0.478 e. The van der Waals surface area contributed by atoms with Gasteiger partial charge in [0.15, 0.2) is 0 Å². The quantitative estimate of drug-likeness (QED) is 0.767. The minimum atomic E-state index is -4.81. The molecule has 0 spiro atoms. The number of benzene rings is 1. The number of carboxylic acid groups (broad SMARTS) is 1. The number of halogens is 6. The summed E-state index contributed by atoms with van der Waals surface area (Å²) in [6, 6.07) is 3.93. The number of alkyl halides is 3. The monoisotopic (exact) mass is 369 g/mol. The summed E-state index contributed by atoms with van der Waals surface area (Å²) in [7, 11) is 0. The highest BCUT2D eigenvalue weighted by molar-refractivity contribution is 6.41. The van der Waals surface area contributed by atoms with Crippen LogP contribution in [0, 0.1) is 0 Å². The van der Waals surface area contributed by atoms with E-state index in [4.69, 9.17) is 39.9 Å². The molecule has 0 aliphatic rings. The van der Waals surface area contributed by atoms with Gasteiger partial charge in [-0.3, -0.25) is 0 Å². The third-order valence-corrected chi connectivity index (χ3v) is 3.44. The Bertz CT molecular complexity index is 740. The second kappa shape index (κ2) is 5.95. The van der Waals surface area contributed by atoms with Crippen molar-refractivity contribution in [1.29, 1.82) is 0 Å². The first-order valence-corrected chi connectivity index (χ1v) is 6.70. The van der Waals surface area contributed by atoms with E-state index in [1.807, 2.05) is 0 Å². The van der Waals surface area contributed by atoms with Gasteiger partial charge in [-0.05, 0) is 24.3 Å². The maximum atomic E-state index is 12.8. The molecule has 0 saturated heterocycles. The van der Waals surface area contributed by atoms with Gasteiger partial charge in [-0.2, -0.15) is 13.2 Å². The van der Waals surface area contributed by atoms with E-state index in [2.05, 4.69) is 4.98 Å². The number of carboxylic acids is 1. The SMILES string of the molecule is O=C(O)c1cc(-c2c(Cl)cc(Cl)cc2Cl)nc(C(F)(F)F)c1. The predicted molar refractivity (Wildman–Crippen MR) is 76.7 cm³/mol. The van der Waals surface area contributed by atoms with E-state index in [-0.39, 0.29) is 26.3 Å². The fourth-order valence-corrected chi connectivity index (χ4v) is 2.72. The largest absolute Gasteiger partial charge is 0.478 e. The van der Waals surface area contributed by atoms with E-state index < -0.39 is 23.4 Å². The molecule has 1 aromatic carbocycles. The van der Waals surface area contributed by atoms with Crippen LogP contribution in [-0.2, 0) is 6.18 Å². The van der Waals surface area contributed by atoms with E-state index in [0.29, 0.717) is 6.07 Å². The summed E-state index contributed by atoms with van der Waals surface area (Å²) in [5.74, 6) is -1.53. The van der Waals surface area contributed by atoms with Crippen molar-refractivity contribution < 1.29 is 23.1 Å². The Labute approximate surface area is 137 Å². The molecule has 0 aliphatic heterocycles. The molecule has 0 radical (unpaired) electrons. The molecule has 2 aromatic rings. The number of hydrogen-bond acceptors (Lipinski definition) is 2. The van der Waals surface area contributed by atoms with Gasteiger partial charge >= 0.3 is 12.1 Å². The summed E-state index contributed by atoms with van der Waals surface area (Å²) in [6.45, 7) is 0.